The highest BCUT2D eigenvalue weighted by atomic mass is 19.4. The van der Waals surface area contributed by atoms with Gasteiger partial charge in [0.1, 0.15) is 6.42 Å². The quantitative estimate of drug-likeness (QED) is 0.769. The summed E-state index contributed by atoms with van der Waals surface area (Å²) in [7, 11) is 0. The second kappa shape index (κ2) is 4.91. The largest absolute Gasteiger partial charge is 0.481 e. The van der Waals surface area contributed by atoms with Crippen LogP contribution in [0.25, 0.3) is 0 Å². The van der Waals surface area contributed by atoms with Crippen molar-refractivity contribution in [2.24, 2.45) is 0 Å². The molecule has 0 spiro atoms. The van der Waals surface area contributed by atoms with Gasteiger partial charge in [0.2, 0.25) is 0 Å². The molecule has 2 nitrogen and oxygen atoms in total. The molecule has 0 unspecified atom stereocenters. The lowest BCUT2D eigenvalue weighted by atomic mass is 10.1. The van der Waals surface area contributed by atoms with Gasteiger partial charge in [-0.15, -0.1) is 0 Å². The van der Waals surface area contributed by atoms with Crippen LogP contribution < -0.4 is 0 Å². The molecule has 0 bridgehead atoms. The van der Waals surface area contributed by atoms with Crippen molar-refractivity contribution >= 4 is 5.97 Å². The summed E-state index contributed by atoms with van der Waals surface area (Å²) >= 11 is 0. The zero-order valence-corrected chi connectivity index (χ0v) is 8.93. The van der Waals surface area contributed by atoms with E-state index in [1.54, 1.807) is 0 Å². The number of carbonyl (C=O) groups is 1. The van der Waals surface area contributed by atoms with Gasteiger partial charge >= 0.3 is 12.1 Å². The van der Waals surface area contributed by atoms with E-state index in [1.807, 2.05) is 0 Å². The van der Waals surface area contributed by atoms with Crippen LogP contribution in [0, 0.1) is 18.8 Å². The van der Waals surface area contributed by atoms with E-state index in [9.17, 15) is 18.0 Å². The number of aliphatic carboxylic acids is 1. The first kappa shape index (κ1) is 13.1. The minimum Gasteiger partial charge on any atom is -0.481 e. The average molecular weight is 242 g/mol. The summed E-state index contributed by atoms with van der Waals surface area (Å²) in [6, 6.07) is 3.40. The minimum atomic E-state index is -4.42. The fourth-order valence-corrected chi connectivity index (χ4v) is 1.24. The van der Waals surface area contributed by atoms with E-state index >= 15 is 0 Å². The van der Waals surface area contributed by atoms with Crippen LogP contribution >= 0.6 is 0 Å². The third kappa shape index (κ3) is 4.19. The van der Waals surface area contributed by atoms with E-state index in [1.165, 1.54) is 13.0 Å². The van der Waals surface area contributed by atoms with Crippen LogP contribution in [0.2, 0.25) is 0 Å². The molecular weight excluding hydrogens is 233 g/mol. The van der Waals surface area contributed by atoms with Gasteiger partial charge in [0.25, 0.3) is 0 Å². The fourth-order valence-electron chi connectivity index (χ4n) is 1.24. The first-order valence-corrected chi connectivity index (χ1v) is 4.68. The number of alkyl halides is 3. The molecule has 1 N–H and O–H groups in total. The Morgan fingerprint density at radius 3 is 2.53 bits per heavy atom. The highest BCUT2D eigenvalue weighted by Gasteiger charge is 2.30. The number of carboxylic acid groups (broad SMARTS) is 1. The lowest BCUT2D eigenvalue weighted by Gasteiger charge is -2.07. The second-order valence-corrected chi connectivity index (χ2v) is 3.46. The molecule has 0 aliphatic carbocycles. The molecule has 17 heavy (non-hydrogen) atoms. The van der Waals surface area contributed by atoms with E-state index in [0.29, 0.717) is 5.56 Å². The highest BCUT2D eigenvalue weighted by molar-refractivity contribution is 5.70. The number of aryl methyl sites for hydroxylation is 1. The van der Waals surface area contributed by atoms with Gasteiger partial charge in [-0.05, 0) is 30.7 Å². The average Bonchev–Trinajstić information content (AvgIpc) is 2.14. The normalized spacial score (nSPS) is 10.6. The third-order valence-electron chi connectivity index (χ3n) is 1.88. The maximum absolute atomic E-state index is 12.5. The first-order chi connectivity index (χ1) is 7.79. The van der Waals surface area contributed by atoms with Crippen LogP contribution in [0.1, 0.15) is 23.1 Å². The third-order valence-corrected chi connectivity index (χ3v) is 1.88. The topological polar surface area (TPSA) is 37.3 Å². The summed E-state index contributed by atoms with van der Waals surface area (Å²) in [4.78, 5) is 10.2. The van der Waals surface area contributed by atoms with Crippen LogP contribution in [0.4, 0.5) is 13.2 Å². The Balaban J connectivity index is 3.05. The SMILES string of the molecule is Cc1cc(C#CCC(=O)O)cc(C(F)(F)F)c1. The molecule has 0 saturated carbocycles. The van der Waals surface area contributed by atoms with Crippen molar-refractivity contribution in [3.05, 3.63) is 34.9 Å². The molecule has 1 rings (SSSR count). The number of benzene rings is 1. The van der Waals surface area contributed by atoms with Crippen molar-refractivity contribution in [3.8, 4) is 11.8 Å². The summed E-state index contributed by atoms with van der Waals surface area (Å²) in [5, 5.41) is 8.35. The highest BCUT2D eigenvalue weighted by Crippen LogP contribution is 2.30. The van der Waals surface area contributed by atoms with Crippen LogP contribution in [0.5, 0.6) is 0 Å². The zero-order chi connectivity index (χ0) is 13.1. The Morgan fingerprint density at radius 2 is 2.00 bits per heavy atom. The van der Waals surface area contributed by atoms with E-state index in [2.05, 4.69) is 11.8 Å². The predicted molar refractivity (Wildman–Crippen MR) is 55.3 cm³/mol. The Bertz CT molecular complexity index is 493. The van der Waals surface area contributed by atoms with E-state index in [4.69, 9.17) is 5.11 Å². The Kier molecular flexibility index (Phi) is 3.79. The van der Waals surface area contributed by atoms with Crippen molar-refractivity contribution in [1.29, 1.82) is 0 Å². The lowest BCUT2D eigenvalue weighted by Crippen LogP contribution is -2.05. The molecule has 0 amide bonds. The lowest BCUT2D eigenvalue weighted by molar-refractivity contribution is -0.138. The predicted octanol–water partition coefficient (Wildman–Crippen LogP) is 2.84. The summed E-state index contributed by atoms with van der Waals surface area (Å²) in [6.45, 7) is 1.53. The summed E-state index contributed by atoms with van der Waals surface area (Å²) in [6.07, 6.45) is -4.81. The molecule has 0 aliphatic heterocycles. The van der Waals surface area contributed by atoms with Crippen molar-refractivity contribution in [2.45, 2.75) is 19.5 Å². The number of rotatable bonds is 1. The second-order valence-electron chi connectivity index (χ2n) is 3.46. The molecule has 1 aromatic rings. The van der Waals surface area contributed by atoms with Gasteiger partial charge in [-0.25, -0.2) is 0 Å². The Labute approximate surface area is 96.1 Å². The summed E-state index contributed by atoms with van der Waals surface area (Å²) in [5.74, 6) is 3.58. The maximum atomic E-state index is 12.5. The molecule has 0 radical (unpaired) electrons. The van der Waals surface area contributed by atoms with Gasteiger partial charge in [-0.3, -0.25) is 4.79 Å². The van der Waals surface area contributed by atoms with Gasteiger partial charge in [0.05, 0.1) is 5.56 Å². The van der Waals surface area contributed by atoms with Gasteiger partial charge in [0, 0.05) is 5.56 Å². The molecule has 5 heteroatoms. The van der Waals surface area contributed by atoms with Gasteiger partial charge in [0.15, 0.2) is 0 Å². The standard InChI is InChI=1S/C12H9F3O2/c1-8-5-9(3-2-4-11(16)17)7-10(6-8)12(13,14)15/h5-7H,4H2,1H3,(H,16,17). The van der Waals surface area contributed by atoms with Gasteiger partial charge in [-0.2, -0.15) is 13.2 Å². The van der Waals surface area contributed by atoms with Crippen molar-refractivity contribution in [2.75, 3.05) is 0 Å². The van der Waals surface area contributed by atoms with Crippen LogP contribution in [-0.2, 0) is 11.0 Å². The Morgan fingerprint density at radius 1 is 1.35 bits per heavy atom. The van der Waals surface area contributed by atoms with E-state index in [0.717, 1.165) is 12.1 Å². The smallest absolute Gasteiger partial charge is 0.416 e. The van der Waals surface area contributed by atoms with Gasteiger partial charge < -0.3 is 5.11 Å². The van der Waals surface area contributed by atoms with Crippen molar-refractivity contribution in [1.82, 2.24) is 0 Å². The molecule has 90 valence electrons. The molecule has 0 atom stereocenters. The molecular formula is C12H9F3O2. The van der Waals surface area contributed by atoms with Gasteiger partial charge in [-0.1, -0.05) is 11.8 Å². The minimum absolute atomic E-state index is 0.165. The molecule has 0 saturated heterocycles. The summed E-state index contributed by atoms with van der Waals surface area (Å²) in [5.41, 5.74) is -0.185. The van der Waals surface area contributed by atoms with Crippen molar-refractivity contribution in [3.63, 3.8) is 0 Å². The molecule has 1 aromatic carbocycles. The van der Waals surface area contributed by atoms with Crippen molar-refractivity contribution < 1.29 is 23.1 Å². The van der Waals surface area contributed by atoms with Crippen LogP contribution in [0.3, 0.4) is 0 Å². The number of carboxylic acids is 1. The van der Waals surface area contributed by atoms with E-state index < -0.39 is 24.1 Å². The molecule has 0 fully saturated rings. The monoisotopic (exact) mass is 242 g/mol. The van der Waals surface area contributed by atoms with Crippen LogP contribution in [-0.4, -0.2) is 11.1 Å². The van der Waals surface area contributed by atoms with E-state index in [-0.39, 0.29) is 5.56 Å². The zero-order valence-electron chi connectivity index (χ0n) is 8.93. The number of hydrogen-bond donors (Lipinski definition) is 1. The van der Waals surface area contributed by atoms with Crippen LogP contribution in [0.15, 0.2) is 18.2 Å². The first-order valence-electron chi connectivity index (χ1n) is 4.68. The fraction of sp³-hybridized carbons (Fsp3) is 0.250. The number of hydrogen-bond acceptors (Lipinski definition) is 1. The summed E-state index contributed by atoms with van der Waals surface area (Å²) < 4.78 is 37.4. The Hall–Kier alpha value is -1.96. The molecule has 0 heterocycles. The molecule has 0 aliphatic rings. The molecule has 0 aromatic heterocycles. The maximum Gasteiger partial charge on any atom is 0.416 e. The number of halogens is 3.